The Balaban J connectivity index is 1.95. The van der Waals surface area contributed by atoms with Gasteiger partial charge in [-0.2, -0.15) is 5.26 Å². The van der Waals surface area contributed by atoms with Gasteiger partial charge in [0.15, 0.2) is 11.5 Å². The summed E-state index contributed by atoms with van der Waals surface area (Å²) in [6, 6.07) is 7.59. The number of anilines is 1. The number of amidine groups is 1. The van der Waals surface area contributed by atoms with Crippen molar-refractivity contribution in [2.45, 2.75) is 25.8 Å². The van der Waals surface area contributed by atoms with E-state index in [0.717, 1.165) is 18.4 Å². The van der Waals surface area contributed by atoms with Crippen molar-refractivity contribution in [2.75, 3.05) is 11.9 Å². The number of hydrogen-bond donors (Lipinski definition) is 3. The molecule has 0 radical (unpaired) electrons. The van der Waals surface area contributed by atoms with Crippen LogP contribution in [0, 0.1) is 11.3 Å². The van der Waals surface area contributed by atoms with Crippen molar-refractivity contribution < 1.29 is 9.84 Å². The maximum atomic E-state index is 9.43. The van der Waals surface area contributed by atoms with Crippen molar-refractivity contribution in [1.82, 2.24) is 15.8 Å². The fourth-order valence-electron chi connectivity index (χ4n) is 2.71. The zero-order valence-corrected chi connectivity index (χ0v) is 12.6. The molecular formula is C15H16N6O2. The van der Waals surface area contributed by atoms with Gasteiger partial charge in [0.05, 0.1) is 17.7 Å². The SMILES string of the molecule is CCNc1nonc1C(=NC1CCc2ccc(C#N)cc21)NO. The van der Waals surface area contributed by atoms with Gasteiger partial charge in [-0.1, -0.05) is 6.07 Å². The molecule has 1 heterocycles. The Morgan fingerprint density at radius 2 is 2.39 bits per heavy atom. The molecule has 3 N–H and O–H groups in total. The van der Waals surface area contributed by atoms with E-state index >= 15 is 0 Å². The predicted molar refractivity (Wildman–Crippen MR) is 82.1 cm³/mol. The van der Waals surface area contributed by atoms with Crippen LogP contribution in [-0.2, 0) is 6.42 Å². The van der Waals surface area contributed by atoms with Crippen LogP contribution in [0.2, 0.25) is 0 Å². The summed E-state index contributed by atoms with van der Waals surface area (Å²) in [4.78, 5) is 4.54. The third-order valence-electron chi connectivity index (χ3n) is 3.77. The molecule has 0 spiro atoms. The molecule has 118 valence electrons. The summed E-state index contributed by atoms with van der Waals surface area (Å²) in [7, 11) is 0. The first-order valence-electron chi connectivity index (χ1n) is 7.34. The normalized spacial score (nSPS) is 16.7. The fraction of sp³-hybridized carbons (Fsp3) is 0.333. The first kappa shape index (κ1) is 15.0. The average molecular weight is 312 g/mol. The molecule has 0 saturated carbocycles. The van der Waals surface area contributed by atoms with Crippen LogP contribution in [-0.4, -0.2) is 27.9 Å². The molecule has 0 bridgehead atoms. The highest BCUT2D eigenvalue weighted by Crippen LogP contribution is 2.35. The topological polar surface area (TPSA) is 119 Å². The molecule has 0 fully saturated rings. The first-order valence-corrected chi connectivity index (χ1v) is 7.34. The molecular weight excluding hydrogens is 296 g/mol. The van der Waals surface area contributed by atoms with Crippen molar-refractivity contribution in [3.05, 3.63) is 40.6 Å². The second-order valence-electron chi connectivity index (χ2n) is 5.16. The number of hydrogen-bond acceptors (Lipinski definition) is 7. The van der Waals surface area contributed by atoms with E-state index in [2.05, 4.69) is 32.2 Å². The van der Waals surface area contributed by atoms with Crippen LogP contribution in [0.15, 0.2) is 27.8 Å². The van der Waals surface area contributed by atoms with E-state index in [4.69, 9.17) is 9.89 Å². The summed E-state index contributed by atoms with van der Waals surface area (Å²) in [5, 5.41) is 29.0. The Bertz CT molecular complexity index is 777. The van der Waals surface area contributed by atoms with Crippen molar-refractivity contribution in [3.8, 4) is 6.07 Å². The fourth-order valence-corrected chi connectivity index (χ4v) is 2.71. The number of rotatable bonds is 4. The molecule has 2 aromatic rings. The zero-order chi connectivity index (χ0) is 16.2. The van der Waals surface area contributed by atoms with Gasteiger partial charge in [0.2, 0.25) is 5.82 Å². The van der Waals surface area contributed by atoms with Crippen LogP contribution in [0.3, 0.4) is 0 Å². The molecule has 1 aromatic heterocycles. The number of nitrogens with one attached hydrogen (secondary N) is 2. The average Bonchev–Trinajstić information content (AvgIpc) is 3.19. The van der Waals surface area contributed by atoms with E-state index in [9.17, 15) is 5.21 Å². The molecule has 8 nitrogen and oxygen atoms in total. The highest BCUT2D eigenvalue weighted by molar-refractivity contribution is 6.00. The summed E-state index contributed by atoms with van der Waals surface area (Å²) >= 11 is 0. The minimum atomic E-state index is -0.154. The molecule has 1 aromatic carbocycles. The van der Waals surface area contributed by atoms with Gasteiger partial charge in [-0.25, -0.2) is 4.63 Å². The Morgan fingerprint density at radius 3 is 3.13 bits per heavy atom. The molecule has 3 rings (SSSR count). The van der Waals surface area contributed by atoms with Crippen LogP contribution >= 0.6 is 0 Å². The molecule has 1 atom stereocenters. The second-order valence-corrected chi connectivity index (χ2v) is 5.16. The summed E-state index contributed by atoms with van der Waals surface area (Å²) in [5.41, 5.74) is 5.15. The van der Waals surface area contributed by atoms with E-state index in [1.807, 2.05) is 19.1 Å². The van der Waals surface area contributed by atoms with Gasteiger partial charge in [0, 0.05) is 6.54 Å². The van der Waals surface area contributed by atoms with Crippen molar-refractivity contribution >= 4 is 11.7 Å². The van der Waals surface area contributed by atoms with E-state index in [-0.39, 0.29) is 11.9 Å². The first-order chi connectivity index (χ1) is 11.3. The lowest BCUT2D eigenvalue weighted by Crippen LogP contribution is -2.23. The summed E-state index contributed by atoms with van der Waals surface area (Å²) in [6.45, 7) is 2.55. The monoisotopic (exact) mass is 312 g/mol. The zero-order valence-electron chi connectivity index (χ0n) is 12.6. The number of aliphatic imine (C=N–C) groups is 1. The number of hydroxylamine groups is 1. The Morgan fingerprint density at radius 1 is 1.52 bits per heavy atom. The number of aryl methyl sites for hydroxylation is 1. The molecule has 1 unspecified atom stereocenters. The third-order valence-corrected chi connectivity index (χ3v) is 3.77. The molecule has 1 aliphatic rings. The van der Waals surface area contributed by atoms with Crippen molar-refractivity contribution in [3.63, 3.8) is 0 Å². The lowest BCUT2D eigenvalue weighted by molar-refractivity contribution is 0.233. The molecule has 1 aliphatic carbocycles. The predicted octanol–water partition coefficient (Wildman–Crippen LogP) is 1.79. The largest absolute Gasteiger partial charge is 0.366 e. The van der Waals surface area contributed by atoms with E-state index < -0.39 is 0 Å². The highest BCUT2D eigenvalue weighted by Gasteiger charge is 2.25. The second kappa shape index (κ2) is 6.46. The molecule has 0 aliphatic heterocycles. The minimum Gasteiger partial charge on any atom is -0.366 e. The van der Waals surface area contributed by atoms with Gasteiger partial charge in [-0.3, -0.25) is 15.7 Å². The van der Waals surface area contributed by atoms with Gasteiger partial charge in [0.1, 0.15) is 0 Å². The Hall–Kier alpha value is -2.92. The highest BCUT2D eigenvalue weighted by atomic mass is 16.6. The number of fused-ring (bicyclic) bond motifs is 1. The lowest BCUT2D eigenvalue weighted by Gasteiger charge is -2.10. The van der Waals surface area contributed by atoms with Crippen molar-refractivity contribution in [1.29, 1.82) is 5.26 Å². The van der Waals surface area contributed by atoms with Gasteiger partial charge in [-0.15, -0.1) is 0 Å². The van der Waals surface area contributed by atoms with Crippen LogP contribution in [0.4, 0.5) is 5.82 Å². The quantitative estimate of drug-likeness (QED) is 0.447. The number of nitrogens with zero attached hydrogens (tertiary/aromatic N) is 4. The molecule has 23 heavy (non-hydrogen) atoms. The van der Waals surface area contributed by atoms with Crippen LogP contribution in [0.25, 0.3) is 0 Å². The summed E-state index contributed by atoms with van der Waals surface area (Å²) in [5.74, 6) is 0.596. The summed E-state index contributed by atoms with van der Waals surface area (Å²) in [6.07, 6.45) is 1.68. The Kier molecular flexibility index (Phi) is 4.21. The summed E-state index contributed by atoms with van der Waals surface area (Å²) < 4.78 is 4.71. The third kappa shape index (κ3) is 2.86. The van der Waals surface area contributed by atoms with E-state index in [1.165, 1.54) is 5.56 Å². The van der Waals surface area contributed by atoms with Gasteiger partial charge in [0.25, 0.3) is 0 Å². The lowest BCUT2D eigenvalue weighted by atomic mass is 10.1. The smallest absolute Gasteiger partial charge is 0.202 e. The molecule has 0 saturated heterocycles. The standard InChI is InChI=1S/C15H16N6O2/c1-2-17-14-13(20-23-21-14)15(19-22)18-12-6-5-10-4-3-9(8-16)7-11(10)12/h3-4,7,12,22H,2,5-6H2,1H3,(H,17,21)(H,18,19). The maximum Gasteiger partial charge on any atom is 0.202 e. The molecule has 8 heteroatoms. The van der Waals surface area contributed by atoms with Crippen LogP contribution < -0.4 is 10.8 Å². The Labute approximate surface area is 132 Å². The number of benzene rings is 1. The van der Waals surface area contributed by atoms with E-state index in [0.29, 0.717) is 23.6 Å². The number of aromatic nitrogens is 2. The van der Waals surface area contributed by atoms with E-state index in [1.54, 1.807) is 6.07 Å². The van der Waals surface area contributed by atoms with Crippen LogP contribution in [0.1, 0.15) is 41.8 Å². The van der Waals surface area contributed by atoms with Crippen molar-refractivity contribution in [2.24, 2.45) is 4.99 Å². The molecule has 0 amide bonds. The van der Waals surface area contributed by atoms with Gasteiger partial charge in [-0.05, 0) is 53.3 Å². The van der Waals surface area contributed by atoms with Gasteiger partial charge >= 0.3 is 0 Å². The van der Waals surface area contributed by atoms with Gasteiger partial charge < -0.3 is 5.32 Å². The number of nitriles is 1. The minimum absolute atomic E-state index is 0.154. The maximum absolute atomic E-state index is 9.43. The van der Waals surface area contributed by atoms with Crippen LogP contribution in [0.5, 0.6) is 0 Å².